The average Bonchev–Trinajstić information content (AvgIpc) is 2.62. The SMILES string of the molecule is CCSCCCC1(C(=O)O)CCNC1. The molecule has 0 spiro atoms. The zero-order valence-electron chi connectivity index (χ0n) is 8.71. The van der Waals surface area contributed by atoms with Gasteiger partial charge >= 0.3 is 5.97 Å². The number of carboxylic acids is 1. The fraction of sp³-hybridized carbons (Fsp3) is 0.900. The van der Waals surface area contributed by atoms with E-state index in [1.807, 2.05) is 11.8 Å². The molecule has 1 fully saturated rings. The first-order chi connectivity index (χ1) is 6.71. The molecule has 1 aliphatic heterocycles. The molecule has 0 aromatic heterocycles. The number of rotatable bonds is 6. The monoisotopic (exact) mass is 217 g/mol. The summed E-state index contributed by atoms with van der Waals surface area (Å²) < 4.78 is 0. The van der Waals surface area contributed by atoms with Crippen LogP contribution < -0.4 is 5.32 Å². The van der Waals surface area contributed by atoms with Crippen molar-refractivity contribution in [1.29, 1.82) is 0 Å². The van der Waals surface area contributed by atoms with Crippen LogP contribution in [0.3, 0.4) is 0 Å². The summed E-state index contributed by atoms with van der Waals surface area (Å²) in [6.07, 6.45) is 2.63. The second kappa shape index (κ2) is 5.61. The van der Waals surface area contributed by atoms with Gasteiger partial charge in [0.1, 0.15) is 0 Å². The molecule has 82 valence electrons. The Morgan fingerprint density at radius 1 is 1.64 bits per heavy atom. The molecular weight excluding hydrogens is 198 g/mol. The van der Waals surface area contributed by atoms with Crippen molar-refractivity contribution >= 4 is 17.7 Å². The summed E-state index contributed by atoms with van der Waals surface area (Å²) in [6.45, 7) is 3.64. The fourth-order valence-corrected chi connectivity index (χ4v) is 2.54. The van der Waals surface area contributed by atoms with E-state index in [4.69, 9.17) is 0 Å². The normalized spacial score (nSPS) is 26.6. The zero-order valence-corrected chi connectivity index (χ0v) is 9.53. The van der Waals surface area contributed by atoms with Gasteiger partial charge in [0.05, 0.1) is 5.41 Å². The van der Waals surface area contributed by atoms with Crippen LogP contribution in [-0.4, -0.2) is 35.7 Å². The van der Waals surface area contributed by atoms with Gasteiger partial charge in [0.15, 0.2) is 0 Å². The topological polar surface area (TPSA) is 49.3 Å². The van der Waals surface area contributed by atoms with E-state index in [0.29, 0.717) is 6.54 Å². The second-order valence-corrected chi connectivity index (χ2v) is 5.21. The first-order valence-electron chi connectivity index (χ1n) is 5.23. The van der Waals surface area contributed by atoms with Crippen molar-refractivity contribution in [2.45, 2.75) is 26.2 Å². The number of hydrogen-bond donors (Lipinski definition) is 2. The highest BCUT2D eigenvalue weighted by Gasteiger charge is 2.40. The molecule has 4 heteroatoms. The molecule has 1 atom stereocenters. The number of nitrogens with one attached hydrogen (secondary N) is 1. The molecule has 0 aromatic carbocycles. The molecule has 1 aliphatic rings. The Balaban J connectivity index is 2.33. The van der Waals surface area contributed by atoms with E-state index in [-0.39, 0.29) is 0 Å². The summed E-state index contributed by atoms with van der Waals surface area (Å²) in [5.41, 5.74) is -0.464. The maximum Gasteiger partial charge on any atom is 0.310 e. The van der Waals surface area contributed by atoms with Crippen LogP contribution in [0, 0.1) is 5.41 Å². The van der Waals surface area contributed by atoms with Gasteiger partial charge in [0.2, 0.25) is 0 Å². The van der Waals surface area contributed by atoms with Gasteiger partial charge in [0.25, 0.3) is 0 Å². The second-order valence-electron chi connectivity index (χ2n) is 3.81. The van der Waals surface area contributed by atoms with Crippen molar-refractivity contribution < 1.29 is 9.90 Å². The van der Waals surface area contributed by atoms with E-state index in [1.54, 1.807) is 0 Å². The van der Waals surface area contributed by atoms with Gasteiger partial charge in [-0.3, -0.25) is 4.79 Å². The quantitative estimate of drug-likeness (QED) is 0.663. The lowest BCUT2D eigenvalue weighted by molar-refractivity contribution is -0.148. The zero-order chi connectivity index (χ0) is 10.4. The lowest BCUT2D eigenvalue weighted by atomic mass is 9.83. The Morgan fingerprint density at radius 2 is 2.43 bits per heavy atom. The van der Waals surface area contributed by atoms with Crippen molar-refractivity contribution in [3.05, 3.63) is 0 Å². The number of carbonyl (C=O) groups is 1. The third kappa shape index (κ3) is 2.89. The largest absolute Gasteiger partial charge is 0.481 e. The van der Waals surface area contributed by atoms with Crippen LogP contribution in [-0.2, 0) is 4.79 Å². The molecule has 1 saturated heterocycles. The van der Waals surface area contributed by atoms with Crippen LogP contribution in [0.25, 0.3) is 0 Å². The highest BCUT2D eigenvalue weighted by Crippen LogP contribution is 2.31. The van der Waals surface area contributed by atoms with Crippen molar-refractivity contribution in [1.82, 2.24) is 5.32 Å². The van der Waals surface area contributed by atoms with E-state index in [9.17, 15) is 9.90 Å². The number of hydrogen-bond acceptors (Lipinski definition) is 3. The summed E-state index contributed by atoms with van der Waals surface area (Å²) in [4.78, 5) is 11.1. The fourth-order valence-electron chi connectivity index (χ4n) is 1.90. The molecule has 14 heavy (non-hydrogen) atoms. The van der Waals surface area contributed by atoms with Crippen molar-refractivity contribution in [3.63, 3.8) is 0 Å². The summed E-state index contributed by atoms with van der Waals surface area (Å²) in [5, 5.41) is 12.3. The summed E-state index contributed by atoms with van der Waals surface area (Å²) >= 11 is 1.89. The van der Waals surface area contributed by atoms with Gasteiger partial charge in [-0.1, -0.05) is 6.92 Å². The molecule has 0 aromatic rings. The lowest BCUT2D eigenvalue weighted by Crippen LogP contribution is -2.33. The number of thioether (sulfide) groups is 1. The van der Waals surface area contributed by atoms with Gasteiger partial charge < -0.3 is 10.4 Å². The molecule has 0 aliphatic carbocycles. The van der Waals surface area contributed by atoms with Crippen LogP contribution in [0.15, 0.2) is 0 Å². The van der Waals surface area contributed by atoms with E-state index in [0.717, 1.165) is 37.3 Å². The summed E-state index contributed by atoms with van der Waals surface area (Å²) in [6, 6.07) is 0. The van der Waals surface area contributed by atoms with E-state index >= 15 is 0 Å². The third-order valence-electron chi connectivity index (χ3n) is 2.85. The number of carboxylic acid groups (broad SMARTS) is 1. The molecule has 2 N–H and O–H groups in total. The Bertz CT molecular complexity index is 191. The molecule has 1 heterocycles. The maximum atomic E-state index is 11.1. The smallest absolute Gasteiger partial charge is 0.310 e. The van der Waals surface area contributed by atoms with Crippen LogP contribution in [0.1, 0.15) is 26.2 Å². The Morgan fingerprint density at radius 3 is 2.93 bits per heavy atom. The molecule has 0 radical (unpaired) electrons. The summed E-state index contributed by atoms with van der Waals surface area (Å²) in [5.74, 6) is 1.59. The molecule has 3 nitrogen and oxygen atoms in total. The minimum atomic E-state index is -0.621. The molecule has 1 unspecified atom stereocenters. The minimum absolute atomic E-state index is 0.464. The predicted molar refractivity (Wildman–Crippen MR) is 59.8 cm³/mol. The van der Waals surface area contributed by atoms with Gasteiger partial charge in [-0.05, 0) is 37.3 Å². The van der Waals surface area contributed by atoms with Crippen LogP contribution in [0.5, 0.6) is 0 Å². The number of aliphatic carboxylic acids is 1. The lowest BCUT2D eigenvalue weighted by Gasteiger charge is -2.22. The van der Waals surface area contributed by atoms with Crippen LogP contribution in [0.4, 0.5) is 0 Å². The van der Waals surface area contributed by atoms with Crippen molar-refractivity contribution in [3.8, 4) is 0 Å². The minimum Gasteiger partial charge on any atom is -0.481 e. The van der Waals surface area contributed by atoms with E-state index in [1.165, 1.54) is 0 Å². The van der Waals surface area contributed by atoms with Gasteiger partial charge in [-0.15, -0.1) is 0 Å². The van der Waals surface area contributed by atoms with E-state index < -0.39 is 11.4 Å². The molecule has 0 bridgehead atoms. The van der Waals surface area contributed by atoms with Gasteiger partial charge in [-0.2, -0.15) is 11.8 Å². The molecule has 1 rings (SSSR count). The standard InChI is InChI=1S/C10H19NO2S/c1-2-14-7-3-4-10(9(12)13)5-6-11-8-10/h11H,2-8H2,1H3,(H,12,13). The highest BCUT2D eigenvalue weighted by molar-refractivity contribution is 7.99. The highest BCUT2D eigenvalue weighted by atomic mass is 32.2. The van der Waals surface area contributed by atoms with Gasteiger partial charge in [0, 0.05) is 6.54 Å². The average molecular weight is 217 g/mol. The Labute approximate surface area is 89.6 Å². The van der Waals surface area contributed by atoms with Crippen molar-refractivity contribution in [2.24, 2.45) is 5.41 Å². The maximum absolute atomic E-state index is 11.1. The molecule has 0 amide bonds. The predicted octanol–water partition coefficient (Wildman–Crippen LogP) is 1.58. The first kappa shape index (κ1) is 11.9. The van der Waals surface area contributed by atoms with Crippen LogP contribution >= 0.6 is 11.8 Å². The Hall–Kier alpha value is -0.220. The van der Waals surface area contributed by atoms with Gasteiger partial charge in [-0.25, -0.2) is 0 Å². The third-order valence-corrected chi connectivity index (χ3v) is 3.83. The molecule has 0 saturated carbocycles. The van der Waals surface area contributed by atoms with Crippen LogP contribution in [0.2, 0.25) is 0 Å². The summed E-state index contributed by atoms with van der Waals surface area (Å²) in [7, 11) is 0. The first-order valence-corrected chi connectivity index (χ1v) is 6.38. The van der Waals surface area contributed by atoms with E-state index in [2.05, 4.69) is 12.2 Å². The molecular formula is C10H19NO2S. The Kier molecular flexibility index (Phi) is 4.75. The van der Waals surface area contributed by atoms with Crippen molar-refractivity contribution in [2.75, 3.05) is 24.6 Å².